The Balaban J connectivity index is 5.25. The third kappa shape index (κ3) is 66.5. The molecule has 5 atom stereocenters. The van der Waals surface area contributed by atoms with Gasteiger partial charge in [-0.1, -0.05) is 329 Å². The first-order chi connectivity index (χ1) is 44.2. The molecule has 540 valence electrons. The molecule has 0 saturated heterocycles. The topological polar surface area (TPSA) is 237 Å². The maximum atomic E-state index is 13.0. The number of unbranched alkanes of at least 4 members (excludes halogenated alkanes) is 47. The summed E-state index contributed by atoms with van der Waals surface area (Å²) >= 11 is 0. The Morgan fingerprint density at radius 2 is 0.440 bits per heavy atom. The molecule has 0 aliphatic carbocycles. The number of hydrogen-bond acceptors (Lipinski definition) is 15. The SMILES string of the molecule is CCCCCCCCCCCCCCCCC(=O)OC[C@H](COP(=O)(O)OC[C@@H](O)COP(=O)(O)OC[C@@H](COC(=O)CCCCCCCCCCCCC)OC(=O)CCCCCCCCCCCCCC)OC(=O)CCCCCCCCCCCCCCCC. The maximum Gasteiger partial charge on any atom is 0.472 e. The zero-order valence-electron chi connectivity index (χ0n) is 58.8. The molecule has 0 bridgehead atoms. The van der Waals surface area contributed by atoms with Gasteiger partial charge in [0.25, 0.3) is 0 Å². The Kier molecular flexibility index (Phi) is 65.2. The highest BCUT2D eigenvalue weighted by Gasteiger charge is 2.30. The van der Waals surface area contributed by atoms with E-state index >= 15 is 0 Å². The Morgan fingerprint density at radius 3 is 0.648 bits per heavy atom. The van der Waals surface area contributed by atoms with Crippen LogP contribution in [0.4, 0.5) is 0 Å². The Bertz CT molecular complexity index is 1740. The van der Waals surface area contributed by atoms with Crippen molar-refractivity contribution in [2.75, 3.05) is 39.6 Å². The van der Waals surface area contributed by atoms with Gasteiger partial charge in [-0.25, -0.2) is 9.13 Å². The third-order valence-electron chi connectivity index (χ3n) is 16.9. The maximum absolute atomic E-state index is 13.0. The molecule has 3 N–H and O–H groups in total. The predicted molar refractivity (Wildman–Crippen MR) is 368 cm³/mol. The summed E-state index contributed by atoms with van der Waals surface area (Å²) < 4.78 is 68.4. The van der Waals surface area contributed by atoms with Crippen LogP contribution < -0.4 is 0 Å². The van der Waals surface area contributed by atoms with Crippen LogP contribution in [0.5, 0.6) is 0 Å². The lowest BCUT2D eigenvalue weighted by molar-refractivity contribution is -0.161. The van der Waals surface area contributed by atoms with Crippen molar-refractivity contribution in [2.24, 2.45) is 0 Å². The van der Waals surface area contributed by atoms with Crippen molar-refractivity contribution in [2.45, 2.75) is 399 Å². The lowest BCUT2D eigenvalue weighted by Gasteiger charge is -2.21. The van der Waals surface area contributed by atoms with E-state index in [4.69, 9.17) is 37.0 Å². The zero-order chi connectivity index (χ0) is 66.8. The number of rotatable bonds is 73. The molecule has 0 aromatic carbocycles. The summed E-state index contributed by atoms with van der Waals surface area (Å²) in [5, 5.41) is 10.6. The van der Waals surface area contributed by atoms with Crippen molar-refractivity contribution >= 4 is 39.5 Å². The largest absolute Gasteiger partial charge is 0.472 e. The molecule has 2 unspecified atom stereocenters. The molecule has 0 aliphatic rings. The quantitative estimate of drug-likeness (QED) is 0.0222. The zero-order valence-corrected chi connectivity index (χ0v) is 60.6. The molecule has 0 amide bonds. The van der Waals surface area contributed by atoms with E-state index in [0.717, 1.165) is 89.9 Å². The van der Waals surface area contributed by atoms with Crippen LogP contribution in [0.25, 0.3) is 0 Å². The van der Waals surface area contributed by atoms with E-state index in [0.29, 0.717) is 25.7 Å². The third-order valence-corrected chi connectivity index (χ3v) is 18.8. The predicted octanol–water partition coefficient (Wildman–Crippen LogP) is 21.1. The van der Waals surface area contributed by atoms with Crippen LogP contribution in [0.15, 0.2) is 0 Å². The molecule has 0 saturated carbocycles. The average Bonchev–Trinajstić information content (AvgIpc) is 3.58. The van der Waals surface area contributed by atoms with E-state index in [1.54, 1.807) is 0 Å². The number of carbonyl (C=O) groups is 4. The molecule has 0 rings (SSSR count). The second-order valence-corrected chi connectivity index (χ2v) is 28.9. The van der Waals surface area contributed by atoms with Gasteiger partial charge in [-0.2, -0.15) is 0 Å². The Hall–Kier alpha value is -1.94. The van der Waals surface area contributed by atoms with E-state index in [2.05, 4.69) is 27.7 Å². The van der Waals surface area contributed by atoms with Crippen LogP contribution in [0.2, 0.25) is 0 Å². The molecule has 19 heteroatoms. The summed E-state index contributed by atoms with van der Waals surface area (Å²) in [7, 11) is -9.90. The van der Waals surface area contributed by atoms with Crippen LogP contribution in [0, 0.1) is 0 Å². The molecule has 0 fully saturated rings. The number of phosphoric acid groups is 2. The molecular formula is C72H140O17P2. The summed E-state index contributed by atoms with van der Waals surface area (Å²) in [6.07, 6.45) is 55.2. The number of ether oxygens (including phenoxy) is 4. The second kappa shape index (κ2) is 66.7. The van der Waals surface area contributed by atoms with Gasteiger partial charge in [0.15, 0.2) is 12.2 Å². The van der Waals surface area contributed by atoms with Crippen molar-refractivity contribution < 1.29 is 80.2 Å². The molecule has 0 aliphatic heterocycles. The van der Waals surface area contributed by atoms with Crippen molar-refractivity contribution in [1.29, 1.82) is 0 Å². The van der Waals surface area contributed by atoms with Gasteiger partial charge in [0.2, 0.25) is 0 Å². The summed E-state index contributed by atoms with van der Waals surface area (Å²) in [5.41, 5.74) is 0. The van der Waals surface area contributed by atoms with Gasteiger partial charge >= 0.3 is 39.5 Å². The summed E-state index contributed by atoms with van der Waals surface area (Å²) in [4.78, 5) is 72.6. The van der Waals surface area contributed by atoms with Gasteiger partial charge in [0.1, 0.15) is 19.3 Å². The van der Waals surface area contributed by atoms with Gasteiger partial charge < -0.3 is 33.8 Å². The molecule has 0 radical (unpaired) electrons. The van der Waals surface area contributed by atoms with E-state index in [9.17, 15) is 43.2 Å². The average molecular weight is 1340 g/mol. The molecular weight excluding hydrogens is 1200 g/mol. The minimum Gasteiger partial charge on any atom is -0.462 e. The Labute approximate surface area is 556 Å². The van der Waals surface area contributed by atoms with Crippen LogP contribution in [0.3, 0.4) is 0 Å². The van der Waals surface area contributed by atoms with Crippen LogP contribution in [0.1, 0.15) is 381 Å². The lowest BCUT2D eigenvalue weighted by atomic mass is 10.0. The minimum atomic E-state index is -4.95. The normalized spacial score (nSPS) is 14.0. The van der Waals surface area contributed by atoms with Gasteiger partial charge in [-0.15, -0.1) is 0 Å². The molecule has 0 aromatic heterocycles. The van der Waals surface area contributed by atoms with Crippen molar-refractivity contribution in [3.8, 4) is 0 Å². The summed E-state index contributed by atoms with van der Waals surface area (Å²) in [5.74, 6) is -2.11. The highest BCUT2D eigenvalue weighted by molar-refractivity contribution is 7.47. The molecule has 91 heavy (non-hydrogen) atoms. The molecule has 0 heterocycles. The van der Waals surface area contributed by atoms with E-state index in [1.807, 2.05) is 0 Å². The first-order valence-electron chi connectivity index (χ1n) is 37.8. The molecule has 0 spiro atoms. The monoisotopic (exact) mass is 1340 g/mol. The van der Waals surface area contributed by atoms with Crippen LogP contribution in [-0.4, -0.2) is 96.7 Å². The minimum absolute atomic E-state index is 0.108. The fraction of sp³-hybridized carbons (Fsp3) is 0.944. The fourth-order valence-corrected chi connectivity index (χ4v) is 12.6. The second-order valence-electron chi connectivity index (χ2n) is 26.0. The number of aliphatic hydroxyl groups excluding tert-OH is 1. The van der Waals surface area contributed by atoms with Gasteiger partial charge in [0, 0.05) is 25.7 Å². The number of phosphoric ester groups is 2. The van der Waals surface area contributed by atoms with E-state index < -0.39 is 97.5 Å². The van der Waals surface area contributed by atoms with Crippen molar-refractivity contribution in [1.82, 2.24) is 0 Å². The molecule has 17 nitrogen and oxygen atoms in total. The number of hydrogen-bond donors (Lipinski definition) is 3. The first kappa shape index (κ1) is 89.1. The van der Waals surface area contributed by atoms with E-state index in [1.165, 1.54) is 212 Å². The number of carbonyl (C=O) groups excluding carboxylic acids is 4. The van der Waals surface area contributed by atoms with Gasteiger partial charge in [-0.05, 0) is 25.7 Å². The first-order valence-corrected chi connectivity index (χ1v) is 40.8. The summed E-state index contributed by atoms with van der Waals surface area (Å²) in [6, 6.07) is 0. The summed E-state index contributed by atoms with van der Waals surface area (Å²) in [6.45, 7) is 4.97. The highest BCUT2D eigenvalue weighted by Crippen LogP contribution is 2.45. The van der Waals surface area contributed by atoms with Crippen molar-refractivity contribution in [3.63, 3.8) is 0 Å². The van der Waals surface area contributed by atoms with Crippen molar-refractivity contribution in [3.05, 3.63) is 0 Å². The standard InChI is InChI=1S/C72H140O17P2/c1-5-9-13-17-21-25-29-32-34-38-41-45-49-53-57-70(75)83-63-68(89-72(77)59-55-51-47-43-39-35-33-30-26-22-18-14-10-6-2)65-87-91(80,81)85-61-66(73)60-84-90(78,79)86-64-67(62-82-69(74)56-52-48-44-40-36-28-24-20-16-12-8-4)88-71(76)58-54-50-46-42-37-31-27-23-19-15-11-7-3/h66-68,73H,5-65H2,1-4H3,(H,78,79)(H,80,81)/t66-,67+,68+/m0/s1. The van der Waals surface area contributed by atoms with Crippen LogP contribution >= 0.6 is 15.6 Å². The van der Waals surface area contributed by atoms with Gasteiger partial charge in [-0.3, -0.25) is 37.3 Å². The van der Waals surface area contributed by atoms with Crippen LogP contribution in [-0.2, 0) is 65.4 Å². The lowest BCUT2D eigenvalue weighted by Crippen LogP contribution is -2.30. The molecule has 0 aromatic rings. The van der Waals surface area contributed by atoms with Gasteiger partial charge in [0.05, 0.1) is 26.4 Å². The number of aliphatic hydroxyl groups is 1. The fourth-order valence-electron chi connectivity index (χ4n) is 11.0. The number of esters is 4. The highest BCUT2D eigenvalue weighted by atomic mass is 31.2. The smallest absolute Gasteiger partial charge is 0.462 e. The van der Waals surface area contributed by atoms with E-state index in [-0.39, 0.29) is 25.7 Å². The Morgan fingerprint density at radius 1 is 0.264 bits per heavy atom.